The number of aromatic nitrogens is 2. The Balaban J connectivity index is 2.10. The smallest absolute Gasteiger partial charge is 0.333 e. The molecular weight excluding hydrogens is 366 g/mol. The molecule has 1 atom stereocenters. The molecule has 0 fully saturated rings. The van der Waals surface area contributed by atoms with E-state index in [0.717, 1.165) is 5.69 Å². The molecule has 0 aliphatic heterocycles. The summed E-state index contributed by atoms with van der Waals surface area (Å²) >= 11 is 6.26. The molecule has 0 aliphatic carbocycles. The van der Waals surface area contributed by atoms with Crippen molar-refractivity contribution >= 4 is 23.3 Å². The van der Waals surface area contributed by atoms with Crippen LogP contribution in [0.3, 0.4) is 0 Å². The number of benzene rings is 2. The van der Waals surface area contributed by atoms with Gasteiger partial charge >= 0.3 is 5.97 Å². The second-order valence-corrected chi connectivity index (χ2v) is 6.47. The molecule has 0 saturated heterocycles. The predicted molar refractivity (Wildman–Crippen MR) is 106 cm³/mol. The van der Waals surface area contributed by atoms with Gasteiger partial charge in [0.2, 0.25) is 0 Å². The zero-order valence-corrected chi connectivity index (χ0v) is 16.0. The Morgan fingerprint density at radius 1 is 1.11 bits per heavy atom. The van der Waals surface area contributed by atoms with Gasteiger partial charge in [-0.15, -0.1) is 0 Å². The van der Waals surface area contributed by atoms with Gasteiger partial charge in [0.15, 0.2) is 6.04 Å². The summed E-state index contributed by atoms with van der Waals surface area (Å²) in [5, 5.41) is 3.46. The van der Waals surface area contributed by atoms with Gasteiger partial charge in [0.05, 0.1) is 18.5 Å². The van der Waals surface area contributed by atoms with Crippen molar-refractivity contribution in [1.82, 2.24) is 9.36 Å². The van der Waals surface area contributed by atoms with E-state index in [9.17, 15) is 9.59 Å². The van der Waals surface area contributed by atoms with Crippen LogP contribution in [0, 0.1) is 6.92 Å². The number of nitrogens with one attached hydrogen (secondary N) is 1. The molecule has 1 aromatic heterocycles. The van der Waals surface area contributed by atoms with Crippen molar-refractivity contribution < 1.29 is 9.53 Å². The Morgan fingerprint density at radius 2 is 1.74 bits per heavy atom. The van der Waals surface area contributed by atoms with Crippen LogP contribution in [-0.4, -0.2) is 22.4 Å². The number of esters is 1. The van der Waals surface area contributed by atoms with Gasteiger partial charge in [-0.2, -0.15) is 0 Å². The highest BCUT2D eigenvalue weighted by Gasteiger charge is 2.27. The fourth-order valence-electron chi connectivity index (χ4n) is 2.97. The largest absolute Gasteiger partial charge is 0.467 e. The van der Waals surface area contributed by atoms with E-state index in [0.29, 0.717) is 22.0 Å². The lowest BCUT2D eigenvalue weighted by molar-refractivity contribution is -0.141. The monoisotopic (exact) mass is 385 g/mol. The van der Waals surface area contributed by atoms with E-state index < -0.39 is 12.0 Å². The molecule has 1 N–H and O–H groups in total. The molecule has 7 heteroatoms. The quantitative estimate of drug-likeness (QED) is 0.683. The minimum Gasteiger partial charge on any atom is -0.467 e. The SMILES string of the molecule is COC(=O)C(Nc1c(C)n(C)n(-c2ccccc2)c1=O)c1ccccc1Cl. The Hall–Kier alpha value is -2.99. The van der Waals surface area contributed by atoms with E-state index in [4.69, 9.17) is 16.3 Å². The Kier molecular flexibility index (Phi) is 5.37. The van der Waals surface area contributed by atoms with Crippen LogP contribution in [0.25, 0.3) is 5.69 Å². The minimum absolute atomic E-state index is 0.262. The van der Waals surface area contributed by atoms with Crippen LogP contribution in [0.2, 0.25) is 5.02 Å². The fourth-order valence-corrected chi connectivity index (χ4v) is 3.21. The molecule has 3 aromatic rings. The summed E-state index contributed by atoms with van der Waals surface area (Å²) in [5.74, 6) is -0.531. The molecule has 0 spiro atoms. The van der Waals surface area contributed by atoms with E-state index >= 15 is 0 Å². The number of para-hydroxylation sites is 1. The first-order valence-electron chi connectivity index (χ1n) is 8.38. The highest BCUT2D eigenvalue weighted by molar-refractivity contribution is 6.31. The lowest BCUT2D eigenvalue weighted by Gasteiger charge is -2.18. The maximum atomic E-state index is 13.1. The van der Waals surface area contributed by atoms with Crippen molar-refractivity contribution in [3.05, 3.63) is 81.2 Å². The molecule has 0 saturated carbocycles. The average Bonchev–Trinajstić information content (AvgIpc) is 2.89. The van der Waals surface area contributed by atoms with E-state index in [2.05, 4.69) is 5.32 Å². The molecular formula is C20H20ClN3O3. The summed E-state index contributed by atoms with van der Waals surface area (Å²) in [7, 11) is 3.09. The van der Waals surface area contributed by atoms with Crippen molar-refractivity contribution in [2.75, 3.05) is 12.4 Å². The van der Waals surface area contributed by atoms with Crippen molar-refractivity contribution in [1.29, 1.82) is 0 Å². The van der Waals surface area contributed by atoms with Crippen molar-refractivity contribution in [3.63, 3.8) is 0 Å². The second-order valence-electron chi connectivity index (χ2n) is 6.06. The molecule has 1 heterocycles. The van der Waals surface area contributed by atoms with E-state index in [1.165, 1.54) is 7.11 Å². The Bertz CT molecular complexity index is 1020. The van der Waals surface area contributed by atoms with Gasteiger partial charge in [-0.3, -0.25) is 9.48 Å². The zero-order chi connectivity index (χ0) is 19.6. The summed E-state index contributed by atoms with van der Waals surface area (Å²) in [6, 6.07) is 15.4. The van der Waals surface area contributed by atoms with Gasteiger partial charge in [0, 0.05) is 17.6 Å². The first-order valence-corrected chi connectivity index (χ1v) is 8.76. The molecule has 2 aromatic carbocycles. The van der Waals surface area contributed by atoms with Gasteiger partial charge in [-0.1, -0.05) is 48.0 Å². The summed E-state index contributed by atoms with van der Waals surface area (Å²) in [4.78, 5) is 25.5. The van der Waals surface area contributed by atoms with E-state index in [1.807, 2.05) is 37.3 Å². The van der Waals surface area contributed by atoms with Crippen LogP contribution in [0.5, 0.6) is 0 Å². The first-order chi connectivity index (χ1) is 13.0. The molecule has 0 bridgehead atoms. The number of methoxy groups -OCH3 is 1. The third kappa shape index (κ3) is 3.48. The third-order valence-corrected chi connectivity index (χ3v) is 4.84. The average molecular weight is 386 g/mol. The summed E-state index contributed by atoms with van der Waals surface area (Å²) in [5.41, 5.74) is 2.01. The Labute approximate surface area is 161 Å². The molecule has 3 rings (SSSR count). The lowest BCUT2D eigenvalue weighted by atomic mass is 10.1. The van der Waals surface area contributed by atoms with Crippen molar-refractivity contribution in [2.45, 2.75) is 13.0 Å². The fraction of sp³-hybridized carbons (Fsp3) is 0.200. The number of anilines is 1. The summed E-state index contributed by atoms with van der Waals surface area (Å²) < 4.78 is 8.20. The zero-order valence-electron chi connectivity index (χ0n) is 15.3. The number of nitrogens with zero attached hydrogens (tertiary/aromatic N) is 2. The predicted octanol–water partition coefficient (Wildman–Crippen LogP) is 3.46. The van der Waals surface area contributed by atoms with E-state index in [-0.39, 0.29) is 5.56 Å². The van der Waals surface area contributed by atoms with Crippen LogP contribution in [0.4, 0.5) is 5.69 Å². The Morgan fingerprint density at radius 3 is 2.37 bits per heavy atom. The first kappa shape index (κ1) is 18.8. The molecule has 140 valence electrons. The van der Waals surface area contributed by atoms with Gasteiger partial charge in [-0.25, -0.2) is 9.48 Å². The highest BCUT2D eigenvalue weighted by atomic mass is 35.5. The summed E-state index contributed by atoms with van der Waals surface area (Å²) in [6.45, 7) is 1.81. The number of rotatable bonds is 5. The molecule has 0 amide bonds. The number of carbonyl (C=O) groups excluding carboxylic acids is 1. The minimum atomic E-state index is -0.901. The lowest BCUT2D eigenvalue weighted by Crippen LogP contribution is -2.26. The maximum absolute atomic E-state index is 13.1. The van der Waals surface area contributed by atoms with Gasteiger partial charge in [-0.05, 0) is 25.1 Å². The van der Waals surface area contributed by atoms with Crippen LogP contribution in [0.15, 0.2) is 59.4 Å². The third-order valence-electron chi connectivity index (χ3n) is 4.50. The normalized spacial score (nSPS) is 11.9. The van der Waals surface area contributed by atoms with Crippen LogP contribution in [0.1, 0.15) is 17.3 Å². The second kappa shape index (κ2) is 7.72. The van der Waals surface area contributed by atoms with Crippen LogP contribution in [-0.2, 0) is 16.6 Å². The number of ether oxygens (including phenoxy) is 1. The maximum Gasteiger partial charge on any atom is 0.333 e. The number of halogens is 1. The van der Waals surface area contributed by atoms with Gasteiger partial charge in [0.1, 0.15) is 5.69 Å². The van der Waals surface area contributed by atoms with E-state index in [1.54, 1.807) is 40.7 Å². The molecule has 0 aliphatic rings. The summed E-state index contributed by atoms with van der Waals surface area (Å²) in [6.07, 6.45) is 0. The van der Waals surface area contributed by atoms with Crippen molar-refractivity contribution in [2.24, 2.45) is 7.05 Å². The number of hydrogen-bond donors (Lipinski definition) is 1. The molecule has 6 nitrogen and oxygen atoms in total. The highest BCUT2D eigenvalue weighted by Crippen LogP contribution is 2.27. The molecule has 27 heavy (non-hydrogen) atoms. The van der Waals surface area contributed by atoms with Gasteiger partial charge < -0.3 is 10.1 Å². The van der Waals surface area contributed by atoms with Gasteiger partial charge in [0.25, 0.3) is 5.56 Å². The molecule has 1 unspecified atom stereocenters. The molecule has 0 radical (unpaired) electrons. The van der Waals surface area contributed by atoms with Crippen LogP contribution >= 0.6 is 11.6 Å². The van der Waals surface area contributed by atoms with Crippen molar-refractivity contribution in [3.8, 4) is 5.69 Å². The number of carbonyl (C=O) groups is 1. The standard InChI is InChI=1S/C20H20ClN3O3/c1-13-17(19(25)24(23(13)2)14-9-5-4-6-10-14)22-18(20(26)27-3)15-11-7-8-12-16(15)21/h4-12,18,22H,1-3H3. The van der Waals surface area contributed by atoms with Crippen LogP contribution < -0.4 is 10.9 Å². The topological polar surface area (TPSA) is 65.3 Å². The number of hydrogen-bond acceptors (Lipinski definition) is 4.